The molecule has 1 aromatic heterocycles. The van der Waals surface area contributed by atoms with Gasteiger partial charge in [-0.15, -0.1) is 11.3 Å². The number of amides is 1. The molecular weight excluding hydrogens is 298 g/mol. The fourth-order valence-electron chi connectivity index (χ4n) is 2.90. The average Bonchev–Trinajstić information content (AvgIpc) is 2.96. The SMILES string of the molecule is CC(Cc1nc2ccccc2s1)N1CCN(C(=O)CO)CC1. The van der Waals surface area contributed by atoms with Crippen LogP contribution in [0.2, 0.25) is 0 Å². The number of aliphatic hydroxyl groups excluding tert-OH is 1. The predicted molar refractivity (Wildman–Crippen MR) is 88.0 cm³/mol. The largest absolute Gasteiger partial charge is 0.387 e. The Morgan fingerprint density at radius 2 is 2.05 bits per heavy atom. The summed E-state index contributed by atoms with van der Waals surface area (Å²) in [6.45, 7) is 4.94. The smallest absolute Gasteiger partial charge is 0.248 e. The first kappa shape index (κ1) is 15.4. The molecular formula is C16H21N3O2S. The molecule has 0 aliphatic carbocycles. The lowest BCUT2D eigenvalue weighted by Crippen LogP contribution is -2.52. The van der Waals surface area contributed by atoms with Crippen LogP contribution in [0.15, 0.2) is 24.3 Å². The first-order valence-corrected chi connectivity index (χ1v) is 8.46. The molecule has 0 spiro atoms. The first-order chi connectivity index (χ1) is 10.7. The van der Waals surface area contributed by atoms with Gasteiger partial charge in [-0.3, -0.25) is 9.69 Å². The average molecular weight is 319 g/mol. The van der Waals surface area contributed by atoms with Gasteiger partial charge in [0, 0.05) is 38.6 Å². The third-order valence-corrected chi connectivity index (χ3v) is 5.29. The molecule has 1 amide bonds. The van der Waals surface area contributed by atoms with Crippen LogP contribution in [-0.2, 0) is 11.2 Å². The standard InChI is InChI=1S/C16H21N3O2S/c1-12(18-6-8-19(9-7-18)16(21)11-20)10-15-17-13-4-2-3-5-14(13)22-15/h2-5,12,20H,6-11H2,1H3. The summed E-state index contributed by atoms with van der Waals surface area (Å²) in [5.74, 6) is -0.168. The van der Waals surface area contributed by atoms with Crippen molar-refractivity contribution in [2.45, 2.75) is 19.4 Å². The number of carbonyl (C=O) groups excluding carboxylic acids is 1. The molecule has 1 atom stereocenters. The summed E-state index contributed by atoms with van der Waals surface area (Å²) >= 11 is 1.76. The summed E-state index contributed by atoms with van der Waals surface area (Å²) in [6.07, 6.45) is 0.938. The Morgan fingerprint density at radius 3 is 2.73 bits per heavy atom. The van der Waals surface area contributed by atoms with Crippen molar-refractivity contribution >= 4 is 27.5 Å². The maximum absolute atomic E-state index is 11.5. The van der Waals surface area contributed by atoms with Gasteiger partial charge >= 0.3 is 0 Å². The van der Waals surface area contributed by atoms with Gasteiger partial charge in [-0.25, -0.2) is 4.98 Å². The highest BCUT2D eigenvalue weighted by atomic mass is 32.1. The molecule has 1 unspecified atom stereocenters. The van der Waals surface area contributed by atoms with Crippen molar-refractivity contribution in [3.8, 4) is 0 Å². The van der Waals surface area contributed by atoms with Crippen LogP contribution in [0.4, 0.5) is 0 Å². The van der Waals surface area contributed by atoms with Crippen LogP contribution in [-0.4, -0.2) is 64.6 Å². The van der Waals surface area contributed by atoms with Crippen LogP contribution in [0.1, 0.15) is 11.9 Å². The van der Waals surface area contributed by atoms with Gasteiger partial charge in [0.05, 0.1) is 15.2 Å². The topological polar surface area (TPSA) is 56.7 Å². The maximum atomic E-state index is 11.5. The Balaban J connectivity index is 1.58. The molecule has 1 saturated heterocycles. The first-order valence-electron chi connectivity index (χ1n) is 7.64. The third kappa shape index (κ3) is 3.29. The van der Waals surface area contributed by atoms with E-state index < -0.39 is 0 Å². The van der Waals surface area contributed by atoms with Crippen LogP contribution in [0, 0.1) is 0 Å². The highest BCUT2D eigenvalue weighted by Gasteiger charge is 2.24. The van der Waals surface area contributed by atoms with Crippen molar-refractivity contribution < 1.29 is 9.90 Å². The number of fused-ring (bicyclic) bond motifs is 1. The number of piperazine rings is 1. The highest BCUT2D eigenvalue weighted by molar-refractivity contribution is 7.18. The molecule has 1 fully saturated rings. The number of benzene rings is 1. The number of thiazole rings is 1. The van der Waals surface area contributed by atoms with Crippen molar-refractivity contribution in [3.63, 3.8) is 0 Å². The van der Waals surface area contributed by atoms with E-state index in [-0.39, 0.29) is 12.5 Å². The minimum Gasteiger partial charge on any atom is -0.387 e. The number of hydrogen-bond acceptors (Lipinski definition) is 5. The van der Waals surface area contributed by atoms with E-state index in [1.54, 1.807) is 16.2 Å². The molecule has 1 aliphatic heterocycles. The Kier molecular flexibility index (Phi) is 4.71. The number of aromatic nitrogens is 1. The summed E-state index contributed by atoms with van der Waals surface area (Å²) in [7, 11) is 0. The van der Waals surface area contributed by atoms with Crippen LogP contribution in [0.5, 0.6) is 0 Å². The summed E-state index contributed by atoms with van der Waals surface area (Å²) in [5, 5.41) is 10.1. The van der Waals surface area contributed by atoms with E-state index in [0.717, 1.165) is 25.0 Å². The van der Waals surface area contributed by atoms with Gasteiger partial charge in [0.2, 0.25) is 5.91 Å². The lowest BCUT2D eigenvalue weighted by atomic mass is 10.1. The molecule has 6 heteroatoms. The van der Waals surface area contributed by atoms with Gasteiger partial charge in [0.25, 0.3) is 0 Å². The number of carbonyl (C=O) groups is 1. The number of nitrogens with zero attached hydrogens (tertiary/aromatic N) is 3. The van der Waals surface area contributed by atoms with Gasteiger partial charge in [-0.1, -0.05) is 12.1 Å². The highest BCUT2D eigenvalue weighted by Crippen LogP contribution is 2.23. The molecule has 3 rings (SSSR count). The molecule has 1 aliphatic rings. The second-order valence-corrected chi connectivity index (χ2v) is 6.82. The Bertz CT molecular complexity index is 617. The Morgan fingerprint density at radius 1 is 1.32 bits per heavy atom. The molecule has 0 radical (unpaired) electrons. The van der Waals surface area contributed by atoms with Gasteiger partial charge < -0.3 is 10.0 Å². The monoisotopic (exact) mass is 319 g/mol. The predicted octanol–water partition coefficient (Wildman–Crippen LogP) is 1.36. The van der Waals surface area contributed by atoms with E-state index >= 15 is 0 Å². The van der Waals surface area contributed by atoms with Crippen molar-refractivity contribution in [1.29, 1.82) is 0 Å². The van der Waals surface area contributed by atoms with Crippen molar-refractivity contribution in [3.05, 3.63) is 29.3 Å². The van der Waals surface area contributed by atoms with Crippen LogP contribution in [0.3, 0.4) is 0 Å². The second kappa shape index (κ2) is 6.73. The minimum atomic E-state index is -0.388. The van der Waals surface area contributed by atoms with Crippen LogP contribution >= 0.6 is 11.3 Å². The Labute approximate surface area is 134 Å². The molecule has 22 heavy (non-hydrogen) atoms. The lowest BCUT2D eigenvalue weighted by Gasteiger charge is -2.37. The normalized spacial score (nSPS) is 17.8. The zero-order valence-electron chi connectivity index (χ0n) is 12.7. The molecule has 0 bridgehead atoms. The van der Waals surface area contributed by atoms with Gasteiger partial charge in [0.15, 0.2) is 0 Å². The van der Waals surface area contributed by atoms with Crippen molar-refractivity contribution in [2.24, 2.45) is 0 Å². The van der Waals surface area contributed by atoms with Crippen molar-refractivity contribution in [2.75, 3.05) is 32.8 Å². The molecule has 1 aromatic carbocycles. The summed E-state index contributed by atoms with van der Waals surface area (Å²) in [4.78, 5) is 20.3. The van der Waals surface area contributed by atoms with Crippen LogP contribution < -0.4 is 0 Å². The van der Waals surface area contributed by atoms with E-state index in [1.165, 1.54) is 9.71 Å². The van der Waals surface area contributed by atoms with Crippen molar-refractivity contribution in [1.82, 2.24) is 14.8 Å². The molecule has 5 nitrogen and oxygen atoms in total. The fraction of sp³-hybridized carbons (Fsp3) is 0.500. The minimum absolute atomic E-state index is 0.168. The van der Waals surface area contributed by atoms with E-state index in [0.29, 0.717) is 19.1 Å². The number of aliphatic hydroxyl groups is 1. The molecule has 2 heterocycles. The molecule has 118 valence electrons. The van der Waals surface area contributed by atoms with Crippen LogP contribution in [0.25, 0.3) is 10.2 Å². The van der Waals surface area contributed by atoms with E-state index in [4.69, 9.17) is 10.1 Å². The summed E-state index contributed by atoms with van der Waals surface area (Å²) in [5.41, 5.74) is 1.08. The molecule has 1 N–H and O–H groups in total. The number of rotatable bonds is 4. The Hall–Kier alpha value is -1.50. The maximum Gasteiger partial charge on any atom is 0.248 e. The lowest BCUT2D eigenvalue weighted by molar-refractivity contribution is -0.136. The van der Waals surface area contributed by atoms with Gasteiger partial charge in [-0.05, 0) is 19.1 Å². The number of para-hydroxylation sites is 1. The summed E-state index contributed by atoms with van der Waals surface area (Å²) < 4.78 is 1.24. The molecule has 0 saturated carbocycles. The van der Waals surface area contributed by atoms with E-state index in [9.17, 15) is 4.79 Å². The third-order valence-electron chi connectivity index (χ3n) is 4.23. The quantitative estimate of drug-likeness (QED) is 0.924. The van der Waals surface area contributed by atoms with E-state index in [1.807, 2.05) is 12.1 Å². The second-order valence-electron chi connectivity index (χ2n) is 5.70. The summed E-state index contributed by atoms with van der Waals surface area (Å²) in [6, 6.07) is 8.64. The zero-order chi connectivity index (χ0) is 15.5. The fourth-order valence-corrected chi connectivity index (χ4v) is 3.99. The number of hydrogen-bond donors (Lipinski definition) is 1. The van der Waals surface area contributed by atoms with Gasteiger partial charge in [0.1, 0.15) is 6.61 Å². The molecule has 2 aromatic rings. The van der Waals surface area contributed by atoms with E-state index in [2.05, 4.69) is 24.0 Å². The zero-order valence-corrected chi connectivity index (χ0v) is 13.6. The van der Waals surface area contributed by atoms with Gasteiger partial charge in [-0.2, -0.15) is 0 Å².